The van der Waals surface area contributed by atoms with Crippen molar-refractivity contribution in [2.75, 3.05) is 29.9 Å². The van der Waals surface area contributed by atoms with Crippen LogP contribution in [-0.4, -0.2) is 47.4 Å². The van der Waals surface area contributed by atoms with Gasteiger partial charge in [-0.2, -0.15) is 13.2 Å². The van der Waals surface area contributed by atoms with Gasteiger partial charge in [0.05, 0.1) is 10.5 Å². The van der Waals surface area contributed by atoms with Crippen molar-refractivity contribution < 1.29 is 22.9 Å². The van der Waals surface area contributed by atoms with Crippen LogP contribution >= 0.6 is 0 Å². The Labute approximate surface area is 184 Å². The molecule has 0 aromatic heterocycles. The Balaban J connectivity index is 1.70. The molecule has 0 radical (unpaired) electrons. The quantitative estimate of drug-likeness (QED) is 0.538. The molecule has 1 aliphatic rings. The number of carbonyl (C=O) groups excluding carboxylic acids is 1. The summed E-state index contributed by atoms with van der Waals surface area (Å²) in [6, 6.07) is 9.54. The van der Waals surface area contributed by atoms with E-state index in [1.807, 2.05) is 32.0 Å². The van der Waals surface area contributed by atoms with Gasteiger partial charge < -0.3 is 15.1 Å². The lowest BCUT2D eigenvalue weighted by Gasteiger charge is -2.42. The molecule has 1 unspecified atom stereocenters. The SMILES string of the molecule is Cc1cccc(N2CCN(C(=O)[C@@H](C)Nc3ccc(C(F)(F)F)cc3[N+](=O)[O-])CC2C)c1. The van der Waals surface area contributed by atoms with Gasteiger partial charge in [-0.15, -0.1) is 0 Å². The lowest BCUT2D eigenvalue weighted by Crippen LogP contribution is -2.56. The molecule has 1 amide bonds. The molecule has 1 saturated heterocycles. The summed E-state index contributed by atoms with van der Waals surface area (Å²) >= 11 is 0. The summed E-state index contributed by atoms with van der Waals surface area (Å²) in [5.74, 6) is -0.269. The number of nitrogens with zero attached hydrogens (tertiary/aromatic N) is 3. The maximum atomic E-state index is 12.9. The molecule has 1 aliphatic heterocycles. The first-order valence-electron chi connectivity index (χ1n) is 10.2. The van der Waals surface area contributed by atoms with Crippen LogP contribution in [0.2, 0.25) is 0 Å². The number of benzene rings is 2. The molecule has 0 spiro atoms. The van der Waals surface area contributed by atoms with Gasteiger partial charge in [-0.05, 0) is 50.6 Å². The number of nitro groups is 1. The molecule has 1 heterocycles. The number of nitro benzene ring substituents is 1. The average Bonchev–Trinajstić information content (AvgIpc) is 2.72. The second kappa shape index (κ2) is 9.05. The van der Waals surface area contributed by atoms with Gasteiger partial charge in [0, 0.05) is 37.4 Å². The Bertz CT molecular complexity index is 1010. The van der Waals surface area contributed by atoms with Gasteiger partial charge in [-0.3, -0.25) is 14.9 Å². The fraction of sp³-hybridized carbons (Fsp3) is 0.409. The molecule has 1 N–H and O–H groups in total. The number of hydrogen-bond donors (Lipinski definition) is 1. The highest BCUT2D eigenvalue weighted by atomic mass is 19.4. The second-order valence-electron chi connectivity index (χ2n) is 8.02. The van der Waals surface area contributed by atoms with Crippen LogP contribution in [0.4, 0.5) is 30.2 Å². The summed E-state index contributed by atoms with van der Waals surface area (Å²) in [5, 5.41) is 14.0. The van der Waals surface area contributed by atoms with Crippen molar-refractivity contribution in [3.8, 4) is 0 Å². The summed E-state index contributed by atoms with van der Waals surface area (Å²) in [5.41, 5.74) is 0.252. The van der Waals surface area contributed by atoms with Gasteiger partial charge in [0.1, 0.15) is 11.7 Å². The lowest BCUT2D eigenvalue weighted by molar-refractivity contribution is -0.384. The highest BCUT2D eigenvalue weighted by molar-refractivity contribution is 5.85. The monoisotopic (exact) mass is 450 g/mol. The van der Waals surface area contributed by atoms with Crippen molar-refractivity contribution in [1.82, 2.24) is 4.90 Å². The van der Waals surface area contributed by atoms with E-state index in [2.05, 4.69) is 16.3 Å². The molecule has 0 aliphatic carbocycles. The minimum atomic E-state index is -4.70. The van der Waals surface area contributed by atoms with E-state index in [4.69, 9.17) is 0 Å². The van der Waals surface area contributed by atoms with E-state index >= 15 is 0 Å². The van der Waals surface area contributed by atoms with Gasteiger partial charge in [0.25, 0.3) is 5.69 Å². The molecule has 3 rings (SSSR count). The second-order valence-corrected chi connectivity index (χ2v) is 8.02. The van der Waals surface area contributed by atoms with Gasteiger partial charge in [0.2, 0.25) is 5.91 Å². The van der Waals surface area contributed by atoms with Crippen molar-refractivity contribution in [2.45, 2.75) is 39.0 Å². The first-order chi connectivity index (χ1) is 15.0. The summed E-state index contributed by atoms with van der Waals surface area (Å²) in [6.45, 7) is 7.14. The number of halogens is 3. The standard InChI is InChI=1S/C22H25F3N4O3/c1-14-5-4-6-18(11-14)28-10-9-27(13-15(28)2)21(30)16(3)26-19-8-7-17(22(23,24)25)12-20(19)29(31)32/h4-8,11-12,15-16,26H,9-10,13H2,1-3H3/t15?,16-/m1/s1. The fourth-order valence-electron chi connectivity index (χ4n) is 3.90. The molecule has 10 heteroatoms. The number of aryl methyl sites for hydroxylation is 1. The van der Waals surface area contributed by atoms with Gasteiger partial charge in [0.15, 0.2) is 0 Å². The fourth-order valence-corrected chi connectivity index (χ4v) is 3.90. The molecule has 2 aromatic rings. The van der Waals surface area contributed by atoms with Gasteiger partial charge >= 0.3 is 6.18 Å². The highest BCUT2D eigenvalue weighted by Gasteiger charge is 2.34. The minimum Gasteiger partial charge on any atom is -0.368 e. The lowest BCUT2D eigenvalue weighted by atomic mass is 10.1. The van der Waals surface area contributed by atoms with Crippen molar-refractivity contribution in [2.24, 2.45) is 0 Å². The normalized spacial score (nSPS) is 17.8. The Morgan fingerprint density at radius 3 is 2.53 bits per heavy atom. The van der Waals surface area contributed by atoms with Crippen LogP contribution in [0, 0.1) is 17.0 Å². The van der Waals surface area contributed by atoms with Gasteiger partial charge in [-0.1, -0.05) is 12.1 Å². The Morgan fingerprint density at radius 1 is 1.22 bits per heavy atom. The van der Waals surface area contributed by atoms with E-state index in [1.165, 1.54) is 0 Å². The maximum absolute atomic E-state index is 12.9. The summed E-state index contributed by atoms with van der Waals surface area (Å²) in [6.07, 6.45) is -4.70. The molecule has 2 atom stereocenters. The van der Waals surface area contributed by atoms with Crippen molar-refractivity contribution in [3.63, 3.8) is 0 Å². The highest BCUT2D eigenvalue weighted by Crippen LogP contribution is 2.35. The molecule has 7 nitrogen and oxygen atoms in total. The zero-order valence-electron chi connectivity index (χ0n) is 18.0. The van der Waals surface area contributed by atoms with E-state index in [-0.39, 0.29) is 17.6 Å². The Hall–Kier alpha value is -3.30. The molecule has 0 saturated carbocycles. The number of nitrogens with one attached hydrogen (secondary N) is 1. The largest absolute Gasteiger partial charge is 0.416 e. The predicted octanol–water partition coefficient (Wildman–Crippen LogP) is 4.46. The molecule has 172 valence electrons. The van der Waals surface area contributed by atoms with Crippen LogP contribution in [0.15, 0.2) is 42.5 Å². The average molecular weight is 450 g/mol. The first kappa shape index (κ1) is 23.4. The number of hydrogen-bond acceptors (Lipinski definition) is 5. The smallest absolute Gasteiger partial charge is 0.368 e. The van der Waals surface area contributed by atoms with Crippen molar-refractivity contribution in [1.29, 1.82) is 0 Å². The number of carbonyl (C=O) groups is 1. The topological polar surface area (TPSA) is 78.7 Å². The molecule has 32 heavy (non-hydrogen) atoms. The molecule has 1 fully saturated rings. The third-order valence-electron chi connectivity index (χ3n) is 5.54. The zero-order valence-corrected chi connectivity index (χ0v) is 18.0. The number of amides is 1. The molecular weight excluding hydrogens is 425 g/mol. The van der Waals surface area contributed by atoms with E-state index in [9.17, 15) is 28.1 Å². The van der Waals surface area contributed by atoms with E-state index < -0.39 is 28.4 Å². The Morgan fingerprint density at radius 2 is 1.94 bits per heavy atom. The van der Waals surface area contributed by atoms with Crippen molar-refractivity contribution >= 4 is 23.0 Å². The van der Waals surface area contributed by atoms with Crippen LogP contribution in [0.5, 0.6) is 0 Å². The predicted molar refractivity (Wildman–Crippen MR) is 116 cm³/mol. The molecule has 2 aromatic carbocycles. The molecule has 0 bridgehead atoms. The number of piperazine rings is 1. The zero-order chi connectivity index (χ0) is 23.6. The van der Waals surface area contributed by atoms with Crippen LogP contribution < -0.4 is 10.2 Å². The summed E-state index contributed by atoms with van der Waals surface area (Å²) in [4.78, 5) is 27.2. The summed E-state index contributed by atoms with van der Waals surface area (Å²) < 4.78 is 38.7. The van der Waals surface area contributed by atoms with Crippen LogP contribution in [0.3, 0.4) is 0 Å². The third kappa shape index (κ3) is 5.12. The van der Waals surface area contributed by atoms with Crippen LogP contribution in [0.25, 0.3) is 0 Å². The third-order valence-corrected chi connectivity index (χ3v) is 5.54. The van der Waals surface area contributed by atoms with E-state index in [0.29, 0.717) is 25.7 Å². The maximum Gasteiger partial charge on any atom is 0.416 e. The van der Waals surface area contributed by atoms with Gasteiger partial charge in [-0.25, -0.2) is 0 Å². The summed E-state index contributed by atoms with van der Waals surface area (Å²) in [7, 11) is 0. The molecular formula is C22H25F3N4O3. The van der Waals surface area contributed by atoms with Crippen molar-refractivity contribution in [3.05, 3.63) is 63.7 Å². The number of rotatable bonds is 5. The van der Waals surface area contributed by atoms with E-state index in [0.717, 1.165) is 23.4 Å². The number of anilines is 2. The number of alkyl halides is 3. The Kier molecular flexibility index (Phi) is 6.61. The minimum absolute atomic E-state index is 0.0575. The van der Waals surface area contributed by atoms with Crippen LogP contribution in [-0.2, 0) is 11.0 Å². The van der Waals surface area contributed by atoms with Crippen LogP contribution in [0.1, 0.15) is 25.0 Å². The first-order valence-corrected chi connectivity index (χ1v) is 10.2. The van der Waals surface area contributed by atoms with E-state index in [1.54, 1.807) is 11.8 Å².